The minimum absolute atomic E-state index is 0.0602. The van der Waals surface area contributed by atoms with Crippen LogP contribution in [0.1, 0.15) is 10.4 Å². The number of nitrogens with one attached hydrogen (secondary N) is 1. The maximum Gasteiger partial charge on any atom is 0.258 e. The summed E-state index contributed by atoms with van der Waals surface area (Å²) in [5.74, 6) is -0.749. The van der Waals surface area contributed by atoms with Crippen molar-refractivity contribution in [2.45, 2.75) is 0 Å². The number of carbonyl (C=O) groups excluding carboxylic acids is 1. The van der Waals surface area contributed by atoms with Crippen LogP contribution in [-0.2, 0) is 7.05 Å². The summed E-state index contributed by atoms with van der Waals surface area (Å²) in [4.78, 5) is 24.1. The van der Waals surface area contributed by atoms with E-state index in [1.807, 2.05) is 62.6 Å². The molecule has 0 saturated carbocycles. The van der Waals surface area contributed by atoms with Gasteiger partial charge in [0.15, 0.2) is 0 Å². The van der Waals surface area contributed by atoms with E-state index in [2.05, 4.69) is 20.4 Å². The summed E-state index contributed by atoms with van der Waals surface area (Å²) in [6.07, 6.45) is 3.41. The molecule has 0 aliphatic carbocycles. The molecule has 5 aromatic rings. The monoisotopic (exact) mass is 510 g/mol. The van der Waals surface area contributed by atoms with Gasteiger partial charge in [-0.05, 0) is 32.3 Å². The van der Waals surface area contributed by atoms with Gasteiger partial charge in [-0.3, -0.25) is 9.48 Å². The van der Waals surface area contributed by atoms with E-state index >= 15 is 0 Å². The highest BCUT2D eigenvalue weighted by Crippen LogP contribution is 2.37. The van der Waals surface area contributed by atoms with Crippen LogP contribution in [0.2, 0.25) is 0 Å². The topological polar surface area (TPSA) is 85.2 Å². The van der Waals surface area contributed by atoms with Gasteiger partial charge in [-0.1, -0.05) is 42.5 Å². The lowest BCUT2D eigenvalue weighted by Crippen LogP contribution is -2.20. The van der Waals surface area contributed by atoms with Gasteiger partial charge in [-0.15, -0.1) is 0 Å². The number of aryl methyl sites for hydroxylation is 1. The van der Waals surface area contributed by atoms with Gasteiger partial charge in [-0.2, -0.15) is 5.10 Å². The second-order valence-corrected chi connectivity index (χ2v) is 9.10. The van der Waals surface area contributed by atoms with Crippen molar-refractivity contribution in [3.8, 4) is 28.3 Å². The highest BCUT2D eigenvalue weighted by Gasteiger charge is 2.20. The summed E-state index contributed by atoms with van der Waals surface area (Å²) in [6.45, 7) is 1.06. The van der Waals surface area contributed by atoms with Crippen LogP contribution in [0.4, 0.5) is 10.1 Å². The normalized spacial score (nSPS) is 11.2. The number of amides is 1. The van der Waals surface area contributed by atoms with Gasteiger partial charge in [-0.25, -0.2) is 14.4 Å². The third-order valence-corrected chi connectivity index (χ3v) is 6.03. The van der Waals surface area contributed by atoms with Crippen molar-refractivity contribution in [1.82, 2.24) is 24.6 Å². The number of benzene rings is 3. The number of aromatic nitrogens is 4. The van der Waals surface area contributed by atoms with Crippen LogP contribution in [0.25, 0.3) is 33.4 Å². The number of hydrogen-bond acceptors (Lipinski definition) is 6. The van der Waals surface area contributed by atoms with Crippen LogP contribution >= 0.6 is 0 Å². The Kier molecular flexibility index (Phi) is 7.10. The zero-order valence-corrected chi connectivity index (χ0v) is 21.4. The molecule has 0 radical (unpaired) electrons. The Balaban J connectivity index is 1.63. The van der Waals surface area contributed by atoms with Gasteiger partial charge in [0.2, 0.25) is 0 Å². The van der Waals surface area contributed by atoms with Gasteiger partial charge in [0.05, 0.1) is 22.5 Å². The number of carbonyl (C=O) groups is 1. The Labute approximate surface area is 219 Å². The number of halogens is 1. The molecule has 5 rings (SSSR count). The Morgan fingerprint density at radius 2 is 1.79 bits per heavy atom. The zero-order chi connectivity index (χ0) is 26.6. The zero-order valence-electron chi connectivity index (χ0n) is 21.4. The Bertz CT molecular complexity index is 1600. The highest BCUT2D eigenvalue weighted by molar-refractivity contribution is 6.07. The molecule has 38 heavy (non-hydrogen) atoms. The minimum Gasteiger partial charge on any atom is -0.490 e. The van der Waals surface area contributed by atoms with E-state index in [0.717, 1.165) is 16.8 Å². The first-order chi connectivity index (χ1) is 18.4. The van der Waals surface area contributed by atoms with Crippen LogP contribution in [0, 0.1) is 5.82 Å². The highest BCUT2D eigenvalue weighted by atomic mass is 19.1. The summed E-state index contributed by atoms with van der Waals surface area (Å²) in [5.41, 5.74) is 4.17. The number of rotatable bonds is 8. The van der Waals surface area contributed by atoms with E-state index in [4.69, 9.17) is 4.74 Å². The molecule has 0 aliphatic heterocycles. The van der Waals surface area contributed by atoms with Crippen LogP contribution in [0.15, 0.2) is 79.3 Å². The molecular formula is C29H27FN6O2. The molecule has 0 aliphatic rings. The summed E-state index contributed by atoms with van der Waals surface area (Å²) in [7, 11) is 5.75. The summed E-state index contributed by atoms with van der Waals surface area (Å²) >= 11 is 0. The maximum atomic E-state index is 14.4. The molecule has 3 aromatic carbocycles. The lowest BCUT2D eigenvalue weighted by Gasteiger charge is -2.16. The standard InChI is InChI=1S/C29H27FN6O2/c1-35(2)13-14-38-26-16-24-21(15-25(26)33-29(37)20-11-7-8-12-23(20)30)28(32-18-31-24)22-17-36(3)34-27(22)19-9-5-4-6-10-19/h4-12,15-18H,13-14H2,1-3H3,(H,33,37). The molecule has 0 atom stereocenters. The lowest BCUT2D eigenvalue weighted by atomic mass is 10.0. The van der Waals surface area contributed by atoms with Gasteiger partial charge in [0.25, 0.3) is 5.91 Å². The second-order valence-electron chi connectivity index (χ2n) is 9.10. The molecule has 2 heterocycles. The van der Waals surface area contributed by atoms with E-state index in [0.29, 0.717) is 41.2 Å². The van der Waals surface area contributed by atoms with Crippen LogP contribution < -0.4 is 10.1 Å². The molecule has 2 aromatic heterocycles. The van der Waals surface area contributed by atoms with Crippen molar-refractivity contribution < 1.29 is 13.9 Å². The molecule has 0 unspecified atom stereocenters. The minimum atomic E-state index is -0.604. The maximum absolute atomic E-state index is 14.4. The van der Waals surface area contributed by atoms with Crippen molar-refractivity contribution in [1.29, 1.82) is 0 Å². The summed E-state index contributed by atoms with van der Waals surface area (Å²) < 4.78 is 22.1. The summed E-state index contributed by atoms with van der Waals surface area (Å²) in [5, 5.41) is 8.20. The first-order valence-electron chi connectivity index (χ1n) is 12.1. The Morgan fingerprint density at radius 3 is 2.55 bits per heavy atom. The van der Waals surface area contributed by atoms with Crippen LogP contribution in [0.5, 0.6) is 5.75 Å². The van der Waals surface area contributed by atoms with E-state index in [1.165, 1.54) is 18.5 Å². The van der Waals surface area contributed by atoms with Gasteiger partial charge < -0.3 is 15.0 Å². The third-order valence-electron chi connectivity index (χ3n) is 6.03. The number of likely N-dealkylation sites (N-methyl/N-ethyl adjacent to an activating group) is 1. The van der Waals surface area contributed by atoms with E-state index < -0.39 is 11.7 Å². The first-order valence-corrected chi connectivity index (χ1v) is 12.1. The molecule has 192 valence electrons. The molecule has 0 fully saturated rings. The van der Waals surface area contributed by atoms with Crippen molar-refractivity contribution in [3.63, 3.8) is 0 Å². The largest absolute Gasteiger partial charge is 0.490 e. The molecule has 9 heteroatoms. The number of ether oxygens (including phenoxy) is 1. The SMILES string of the molecule is CN(C)CCOc1cc2ncnc(-c3cn(C)nc3-c3ccccc3)c2cc1NC(=O)c1ccccc1F. The number of anilines is 1. The molecule has 8 nitrogen and oxygen atoms in total. The van der Waals surface area contributed by atoms with Crippen molar-refractivity contribution in [3.05, 3.63) is 90.6 Å². The lowest BCUT2D eigenvalue weighted by molar-refractivity contribution is 0.102. The van der Waals surface area contributed by atoms with Gasteiger partial charge >= 0.3 is 0 Å². The third kappa shape index (κ3) is 5.23. The average molecular weight is 511 g/mol. The van der Waals surface area contributed by atoms with Crippen molar-refractivity contribution in [2.24, 2.45) is 7.05 Å². The Hall–Kier alpha value is -4.63. The van der Waals surface area contributed by atoms with Gasteiger partial charge in [0, 0.05) is 42.4 Å². The summed E-state index contributed by atoms with van der Waals surface area (Å²) in [6, 6.07) is 19.2. The van der Waals surface area contributed by atoms with Crippen LogP contribution in [-0.4, -0.2) is 57.8 Å². The smallest absolute Gasteiger partial charge is 0.258 e. The molecule has 0 spiro atoms. The van der Waals surface area contributed by atoms with Crippen LogP contribution in [0.3, 0.4) is 0 Å². The van der Waals surface area contributed by atoms with E-state index in [1.54, 1.807) is 28.9 Å². The number of fused-ring (bicyclic) bond motifs is 1. The van der Waals surface area contributed by atoms with Gasteiger partial charge in [0.1, 0.15) is 30.2 Å². The molecule has 0 bridgehead atoms. The average Bonchev–Trinajstić information content (AvgIpc) is 3.30. The van der Waals surface area contributed by atoms with Crippen molar-refractivity contribution in [2.75, 3.05) is 32.6 Å². The predicted molar refractivity (Wildman–Crippen MR) is 146 cm³/mol. The fourth-order valence-corrected chi connectivity index (χ4v) is 4.16. The molecule has 1 N–H and O–H groups in total. The molecular weight excluding hydrogens is 483 g/mol. The number of hydrogen-bond donors (Lipinski definition) is 1. The van der Waals surface area contributed by atoms with Crippen molar-refractivity contribution >= 4 is 22.5 Å². The van der Waals surface area contributed by atoms with E-state index in [-0.39, 0.29) is 5.56 Å². The Morgan fingerprint density at radius 1 is 1.03 bits per heavy atom. The van der Waals surface area contributed by atoms with E-state index in [9.17, 15) is 9.18 Å². The molecule has 1 amide bonds. The molecule has 0 saturated heterocycles. The predicted octanol–water partition coefficient (Wildman–Crippen LogP) is 5.03. The fourth-order valence-electron chi connectivity index (χ4n) is 4.16. The second kappa shape index (κ2) is 10.8. The quantitative estimate of drug-likeness (QED) is 0.315. The first kappa shape index (κ1) is 25.0. The fraction of sp³-hybridized carbons (Fsp3) is 0.172. The number of nitrogens with zero attached hydrogens (tertiary/aromatic N) is 5.